The number of hydrogen-bond acceptors (Lipinski definition) is 7. The molecule has 0 bridgehead atoms. The van der Waals surface area contributed by atoms with E-state index in [1.807, 2.05) is 33.8 Å². The summed E-state index contributed by atoms with van der Waals surface area (Å²) in [6.45, 7) is 11.7. The van der Waals surface area contributed by atoms with Gasteiger partial charge in [-0.1, -0.05) is 6.92 Å². The van der Waals surface area contributed by atoms with Crippen molar-refractivity contribution in [2.75, 3.05) is 16.8 Å². The summed E-state index contributed by atoms with van der Waals surface area (Å²) in [6.07, 6.45) is 6.55. The van der Waals surface area contributed by atoms with Crippen LogP contribution in [0.5, 0.6) is 0 Å². The standard InChI is InChI=1S/C24H33N5O3/c1-8-18-23(31)28(7)19-14-26-21(27-22(19)29(18)15(2)3)17-11-12-25-13-16(17)9-10-20(30)32-24(4,5)6/h11-15,18H,8-10H2,1-7H3/t18-/m1/s1. The van der Waals surface area contributed by atoms with Gasteiger partial charge in [-0.3, -0.25) is 14.6 Å². The van der Waals surface area contributed by atoms with Crippen LogP contribution in [0, 0.1) is 0 Å². The second kappa shape index (κ2) is 9.22. The van der Waals surface area contributed by atoms with E-state index in [0.717, 1.165) is 16.9 Å². The number of likely N-dealkylation sites (N-methyl/N-ethyl adjacent to an activating group) is 1. The molecular formula is C24H33N5O3. The minimum atomic E-state index is -0.518. The van der Waals surface area contributed by atoms with Crippen molar-refractivity contribution in [1.29, 1.82) is 0 Å². The quantitative estimate of drug-likeness (QED) is 0.633. The number of carbonyl (C=O) groups excluding carboxylic acids is 2. The number of fused-ring (bicyclic) bond motifs is 1. The SMILES string of the molecule is CC[C@@H]1C(=O)N(C)c2cnc(-c3ccncc3CCC(=O)OC(C)(C)C)nc2N1C(C)C. The maximum atomic E-state index is 12.9. The molecule has 0 saturated carbocycles. The molecule has 0 spiro atoms. The summed E-state index contributed by atoms with van der Waals surface area (Å²) in [6, 6.07) is 1.70. The van der Waals surface area contributed by atoms with Gasteiger partial charge in [-0.25, -0.2) is 9.97 Å². The number of ether oxygens (including phenoxy) is 1. The van der Waals surface area contributed by atoms with Crippen LogP contribution in [0.25, 0.3) is 11.4 Å². The Morgan fingerprint density at radius 2 is 1.97 bits per heavy atom. The van der Waals surface area contributed by atoms with Crippen molar-refractivity contribution in [3.8, 4) is 11.4 Å². The number of nitrogens with zero attached hydrogens (tertiary/aromatic N) is 5. The first-order valence-corrected chi connectivity index (χ1v) is 11.1. The highest BCUT2D eigenvalue weighted by Crippen LogP contribution is 2.37. The molecule has 0 saturated heterocycles. The molecule has 8 heteroatoms. The number of rotatable bonds is 6. The summed E-state index contributed by atoms with van der Waals surface area (Å²) in [4.78, 5) is 42.5. The van der Waals surface area contributed by atoms with Gasteiger partial charge in [0.2, 0.25) is 5.91 Å². The van der Waals surface area contributed by atoms with E-state index in [-0.39, 0.29) is 30.4 Å². The van der Waals surface area contributed by atoms with E-state index in [1.54, 1.807) is 30.5 Å². The molecule has 32 heavy (non-hydrogen) atoms. The summed E-state index contributed by atoms with van der Waals surface area (Å²) in [7, 11) is 1.77. The van der Waals surface area contributed by atoms with E-state index in [9.17, 15) is 9.59 Å². The molecule has 0 fully saturated rings. The molecule has 3 heterocycles. The van der Waals surface area contributed by atoms with Gasteiger partial charge >= 0.3 is 5.97 Å². The predicted octanol–water partition coefficient (Wildman–Crippen LogP) is 3.78. The fourth-order valence-corrected chi connectivity index (χ4v) is 3.98. The van der Waals surface area contributed by atoms with Crippen molar-refractivity contribution < 1.29 is 14.3 Å². The Balaban J connectivity index is 1.96. The van der Waals surface area contributed by atoms with Crippen LogP contribution >= 0.6 is 0 Å². The number of hydrogen-bond donors (Lipinski definition) is 0. The zero-order valence-electron chi connectivity index (χ0n) is 20.0. The van der Waals surface area contributed by atoms with Gasteiger partial charge in [-0.15, -0.1) is 0 Å². The highest BCUT2D eigenvalue weighted by molar-refractivity contribution is 6.04. The summed E-state index contributed by atoms with van der Waals surface area (Å²) in [5.74, 6) is 1.09. The number of esters is 1. The van der Waals surface area contributed by atoms with E-state index in [4.69, 9.17) is 9.72 Å². The van der Waals surface area contributed by atoms with Gasteiger partial charge in [0.1, 0.15) is 17.3 Å². The lowest BCUT2D eigenvalue weighted by molar-refractivity contribution is -0.154. The van der Waals surface area contributed by atoms with Crippen molar-refractivity contribution >= 4 is 23.4 Å². The van der Waals surface area contributed by atoms with Crippen LogP contribution in [0.1, 0.15) is 59.9 Å². The van der Waals surface area contributed by atoms with Gasteiger partial charge in [0.15, 0.2) is 11.6 Å². The average molecular weight is 440 g/mol. The number of amides is 1. The summed E-state index contributed by atoms with van der Waals surface area (Å²) in [5, 5.41) is 0. The third-order valence-corrected chi connectivity index (χ3v) is 5.41. The zero-order chi connectivity index (χ0) is 23.6. The smallest absolute Gasteiger partial charge is 0.306 e. The number of pyridine rings is 1. The van der Waals surface area contributed by atoms with Crippen molar-refractivity contribution in [3.05, 3.63) is 30.2 Å². The molecule has 3 rings (SSSR count). The molecule has 1 aliphatic heterocycles. The van der Waals surface area contributed by atoms with Crippen LogP contribution in [0.3, 0.4) is 0 Å². The maximum Gasteiger partial charge on any atom is 0.306 e. The molecule has 2 aromatic rings. The third-order valence-electron chi connectivity index (χ3n) is 5.41. The first kappa shape index (κ1) is 23.6. The van der Waals surface area contributed by atoms with E-state index in [0.29, 0.717) is 24.4 Å². The molecule has 0 aliphatic carbocycles. The summed E-state index contributed by atoms with van der Waals surface area (Å²) < 4.78 is 5.43. The lowest BCUT2D eigenvalue weighted by atomic mass is 10.0. The third kappa shape index (κ3) is 4.89. The Bertz CT molecular complexity index is 999. The van der Waals surface area contributed by atoms with Gasteiger partial charge in [0.05, 0.1) is 6.20 Å². The van der Waals surface area contributed by atoms with E-state index in [2.05, 4.69) is 28.7 Å². The largest absolute Gasteiger partial charge is 0.460 e. The second-order valence-electron chi connectivity index (χ2n) is 9.34. The summed E-state index contributed by atoms with van der Waals surface area (Å²) in [5.41, 5.74) is 1.88. The zero-order valence-corrected chi connectivity index (χ0v) is 20.0. The molecule has 172 valence electrons. The summed E-state index contributed by atoms with van der Waals surface area (Å²) >= 11 is 0. The Kier molecular flexibility index (Phi) is 6.81. The molecule has 0 N–H and O–H groups in total. The second-order valence-corrected chi connectivity index (χ2v) is 9.34. The molecule has 1 atom stereocenters. The molecule has 1 amide bonds. The molecule has 0 aromatic carbocycles. The van der Waals surface area contributed by atoms with E-state index in [1.165, 1.54) is 0 Å². The highest BCUT2D eigenvalue weighted by atomic mass is 16.6. The number of anilines is 2. The van der Waals surface area contributed by atoms with Crippen LogP contribution in [-0.2, 0) is 20.7 Å². The fourth-order valence-electron chi connectivity index (χ4n) is 3.98. The molecule has 0 unspecified atom stereocenters. The van der Waals surface area contributed by atoms with Crippen molar-refractivity contribution in [3.63, 3.8) is 0 Å². The molecule has 8 nitrogen and oxygen atoms in total. The van der Waals surface area contributed by atoms with Gasteiger partial charge < -0.3 is 14.5 Å². The van der Waals surface area contributed by atoms with E-state index < -0.39 is 5.60 Å². The topological polar surface area (TPSA) is 88.5 Å². The maximum absolute atomic E-state index is 12.9. The molecular weight excluding hydrogens is 406 g/mol. The molecule has 2 aromatic heterocycles. The van der Waals surface area contributed by atoms with Crippen molar-refractivity contribution in [1.82, 2.24) is 15.0 Å². The van der Waals surface area contributed by atoms with Gasteiger partial charge in [-0.05, 0) is 59.1 Å². The average Bonchev–Trinajstić information content (AvgIpc) is 2.73. The predicted molar refractivity (Wildman–Crippen MR) is 125 cm³/mol. The first-order chi connectivity index (χ1) is 15.0. The lowest BCUT2D eigenvalue weighted by Crippen LogP contribution is -2.54. The normalized spacial score (nSPS) is 16.4. The Morgan fingerprint density at radius 1 is 1.25 bits per heavy atom. The highest BCUT2D eigenvalue weighted by Gasteiger charge is 2.38. The van der Waals surface area contributed by atoms with Crippen LogP contribution < -0.4 is 9.80 Å². The van der Waals surface area contributed by atoms with E-state index >= 15 is 0 Å². The fraction of sp³-hybridized carbons (Fsp3) is 0.542. The monoisotopic (exact) mass is 439 g/mol. The number of carbonyl (C=O) groups is 2. The number of aryl methyl sites for hydroxylation is 1. The minimum Gasteiger partial charge on any atom is -0.460 e. The van der Waals surface area contributed by atoms with Gasteiger partial charge in [0.25, 0.3) is 0 Å². The molecule has 0 radical (unpaired) electrons. The minimum absolute atomic E-state index is 0.0482. The van der Waals surface area contributed by atoms with Gasteiger partial charge in [-0.2, -0.15) is 0 Å². The van der Waals surface area contributed by atoms with Gasteiger partial charge in [0, 0.05) is 37.5 Å². The van der Waals surface area contributed by atoms with Crippen molar-refractivity contribution in [2.45, 2.75) is 78.5 Å². The Morgan fingerprint density at radius 3 is 2.59 bits per heavy atom. The van der Waals surface area contributed by atoms with Crippen LogP contribution in [0.2, 0.25) is 0 Å². The Labute approximate surface area is 190 Å². The number of aromatic nitrogens is 3. The Hall–Kier alpha value is -3.03. The van der Waals surface area contributed by atoms with Crippen LogP contribution in [-0.4, -0.2) is 51.6 Å². The van der Waals surface area contributed by atoms with Crippen molar-refractivity contribution in [2.24, 2.45) is 0 Å². The molecule has 1 aliphatic rings. The lowest BCUT2D eigenvalue weighted by Gasteiger charge is -2.42. The first-order valence-electron chi connectivity index (χ1n) is 11.1. The van der Waals surface area contributed by atoms with Crippen LogP contribution in [0.4, 0.5) is 11.5 Å². The van der Waals surface area contributed by atoms with Crippen LogP contribution in [0.15, 0.2) is 24.7 Å².